The Labute approximate surface area is 100 Å². The summed E-state index contributed by atoms with van der Waals surface area (Å²) in [5, 5.41) is 2.53. The van der Waals surface area contributed by atoms with Crippen LogP contribution in [0.2, 0.25) is 0 Å². The molecule has 2 aliphatic rings. The van der Waals surface area contributed by atoms with E-state index in [4.69, 9.17) is 9.47 Å². The Morgan fingerprint density at radius 3 is 2.59 bits per heavy atom. The molecule has 0 atom stereocenters. The quantitative estimate of drug-likeness (QED) is 0.703. The van der Waals surface area contributed by atoms with Crippen LogP contribution < -0.4 is 10.4 Å². The molecule has 0 saturated carbocycles. The highest BCUT2D eigenvalue weighted by molar-refractivity contribution is 5.88. The van der Waals surface area contributed by atoms with Gasteiger partial charge in [-0.2, -0.15) is 0 Å². The number of benzene rings is 1. The van der Waals surface area contributed by atoms with Crippen molar-refractivity contribution >= 4 is 11.6 Å². The highest BCUT2D eigenvalue weighted by Gasteiger charge is 2.28. The van der Waals surface area contributed by atoms with E-state index in [1.165, 1.54) is 16.0 Å². The zero-order valence-electron chi connectivity index (χ0n) is 9.94. The molecule has 1 aromatic carbocycles. The van der Waals surface area contributed by atoms with Crippen LogP contribution in [0.25, 0.3) is 11.6 Å². The van der Waals surface area contributed by atoms with Gasteiger partial charge in [0.05, 0.1) is 0 Å². The van der Waals surface area contributed by atoms with E-state index in [1.54, 1.807) is 14.2 Å². The van der Waals surface area contributed by atoms with E-state index < -0.39 is 5.79 Å². The lowest BCUT2D eigenvalue weighted by Crippen LogP contribution is -2.31. The van der Waals surface area contributed by atoms with Crippen LogP contribution in [0.4, 0.5) is 0 Å². The van der Waals surface area contributed by atoms with Gasteiger partial charge in [0.25, 0.3) is 0 Å². The van der Waals surface area contributed by atoms with Crippen LogP contribution in [-0.2, 0) is 9.47 Å². The van der Waals surface area contributed by atoms with Crippen molar-refractivity contribution in [2.24, 2.45) is 0 Å². The van der Waals surface area contributed by atoms with Crippen molar-refractivity contribution in [3.63, 3.8) is 0 Å². The van der Waals surface area contributed by atoms with Crippen molar-refractivity contribution < 1.29 is 9.47 Å². The Hall–Kier alpha value is -1.64. The van der Waals surface area contributed by atoms with Gasteiger partial charge in [0.1, 0.15) is 0 Å². The number of hydrogen-bond donors (Lipinski definition) is 0. The summed E-state index contributed by atoms with van der Waals surface area (Å²) < 4.78 is 10.8. The van der Waals surface area contributed by atoms with Gasteiger partial charge >= 0.3 is 0 Å². The first-order valence-corrected chi connectivity index (χ1v) is 5.62. The monoisotopic (exact) mass is 226 g/mol. The second kappa shape index (κ2) is 3.69. The van der Waals surface area contributed by atoms with Crippen LogP contribution in [0, 0.1) is 0 Å². The molecule has 0 amide bonds. The zero-order chi connectivity index (χ0) is 11.9. The Bertz CT molecular complexity index is 631. The van der Waals surface area contributed by atoms with Gasteiger partial charge in [-0.15, -0.1) is 0 Å². The molecule has 1 aromatic rings. The summed E-state index contributed by atoms with van der Waals surface area (Å²) in [5.74, 6) is -0.725. The van der Waals surface area contributed by atoms with Crippen LogP contribution in [0.5, 0.6) is 0 Å². The van der Waals surface area contributed by atoms with Gasteiger partial charge in [0.15, 0.2) is 0 Å². The molecule has 17 heavy (non-hydrogen) atoms. The first-order valence-electron chi connectivity index (χ1n) is 5.62. The van der Waals surface area contributed by atoms with E-state index in [2.05, 4.69) is 36.4 Å². The topological polar surface area (TPSA) is 18.5 Å². The summed E-state index contributed by atoms with van der Waals surface area (Å²) in [4.78, 5) is 0. The second-order valence-electron chi connectivity index (χ2n) is 4.21. The minimum Gasteiger partial charge on any atom is -0.346 e. The predicted octanol–water partition coefficient (Wildman–Crippen LogP) is 1.12. The lowest BCUT2D eigenvalue weighted by molar-refractivity contribution is -0.133. The van der Waals surface area contributed by atoms with Crippen LogP contribution in [0.1, 0.15) is 0 Å². The molecule has 2 nitrogen and oxygen atoms in total. The number of methoxy groups -OCH3 is 2. The van der Waals surface area contributed by atoms with E-state index in [1.807, 2.05) is 12.2 Å². The Morgan fingerprint density at radius 2 is 1.82 bits per heavy atom. The number of fused-ring (bicyclic) bond motifs is 2. The first kappa shape index (κ1) is 10.5. The smallest absolute Gasteiger partial charge is 0.208 e. The van der Waals surface area contributed by atoms with E-state index in [9.17, 15) is 0 Å². The summed E-state index contributed by atoms with van der Waals surface area (Å²) in [6.45, 7) is 0. The lowest BCUT2D eigenvalue weighted by Gasteiger charge is -2.27. The average Bonchev–Trinajstić information content (AvgIpc) is 2.75. The number of rotatable bonds is 2. The maximum absolute atomic E-state index is 5.42. The predicted molar refractivity (Wildman–Crippen MR) is 67.5 cm³/mol. The van der Waals surface area contributed by atoms with Crippen molar-refractivity contribution in [1.29, 1.82) is 0 Å². The highest BCUT2D eigenvalue weighted by atomic mass is 16.7. The van der Waals surface area contributed by atoms with Crippen molar-refractivity contribution in [2.75, 3.05) is 14.2 Å². The van der Waals surface area contributed by atoms with E-state index in [0.717, 1.165) is 5.57 Å². The van der Waals surface area contributed by atoms with Gasteiger partial charge in [-0.1, -0.05) is 30.3 Å². The van der Waals surface area contributed by atoms with Gasteiger partial charge in [0.2, 0.25) is 5.79 Å². The molecular formula is C15H14O2. The van der Waals surface area contributed by atoms with Crippen LogP contribution in [-0.4, -0.2) is 20.0 Å². The normalized spacial score (nSPS) is 19.4. The standard InChI is InChI=1S/C15H14O2/c1-16-15(17-2)8-7-14-12(10-15)9-11-5-3-4-6-13(11)14/h3-10H,1-2H3. The largest absolute Gasteiger partial charge is 0.346 e. The fourth-order valence-corrected chi connectivity index (χ4v) is 2.38. The number of hydrogen-bond acceptors (Lipinski definition) is 2. The summed E-state index contributed by atoms with van der Waals surface area (Å²) in [7, 11) is 3.30. The van der Waals surface area contributed by atoms with Crippen molar-refractivity contribution in [2.45, 2.75) is 5.79 Å². The van der Waals surface area contributed by atoms with Gasteiger partial charge in [-0.25, -0.2) is 0 Å². The second-order valence-corrected chi connectivity index (χ2v) is 4.21. The maximum atomic E-state index is 5.42. The molecule has 3 rings (SSSR count). The SMILES string of the molecule is COC1(OC)C=CC2=c3ccccc3=CC2=C1. The number of ether oxygens (including phenoxy) is 2. The summed E-state index contributed by atoms with van der Waals surface area (Å²) in [6, 6.07) is 8.37. The van der Waals surface area contributed by atoms with E-state index in [-0.39, 0.29) is 0 Å². The van der Waals surface area contributed by atoms with Gasteiger partial charge in [0, 0.05) is 14.2 Å². The molecule has 2 aliphatic carbocycles. The van der Waals surface area contributed by atoms with Crippen LogP contribution in [0.3, 0.4) is 0 Å². The molecule has 0 spiro atoms. The first-order chi connectivity index (χ1) is 8.28. The summed E-state index contributed by atoms with van der Waals surface area (Å²) in [5.41, 5.74) is 2.41. The third-order valence-electron chi connectivity index (χ3n) is 3.35. The van der Waals surface area contributed by atoms with E-state index >= 15 is 0 Å². The molecule has 0 unspecified atom stereocenters. The van der Waals surface area contributed by atoms with Gasteiger partial charge < -0.3 is 9.47 Å². The molecule has 86 valence electrons. The molecule has 0 N–H and O–H groups in total. The van der Waals surface area contributed by atoms with E-state index in [0.29, 0.717) is 0 Å². The summed E-state index contributed by atoms with van der Waals surface area (Å²) >= 11 is 0. The molecule has 2 heteroatoms. The van der Waals surface area contributed by atoms with Gasteiger partial charge in [-0.3, -0.25) is 0 Å². The zero-order valence-corrected chi connectivity index (χ0v) is 9.94. The molecule has 0 saturated heterocycles. The molecule has 0 aliphatic heterocycles. The fraction of sp³-hybridized carbons (Fsp3) is 0.200. The van der Waals surface area contributed by atoms with Crippen molar-refractivity contribution in [3.8, 4) is 0 Å². The Morgan fingerprint density at radius 1 is 1.06 bits per heavy atom. The maximum Gasteiger partial charge on any atom is 0.208 e. The fourth-order valence-electron chi connectivity index (χ4n) is 2.38. The molecule has 0 bridgehead atoms. The molecule has 0 fully saturated rings. The minimum absolute atomic E-state index is 0.725. The van der Waals surface area contributed by atoms with Crippen LogP contribution >= 0.6 is 0 Å². The van der Waals surface area contributed by atoms with Crippen molar-refractivity contribution in [3.05, 3.63) is 58.5 Å². The van der Waals surface area contributed by atoms with Gasteiger partial charge in [-0.05, 0) is 39.8 Å². The van der Waals surface area contributed by atoms with Crippen molar-refractivity contribution in [1.82, 2.24) is 0 Å². The minimum atomic E-state index is -0.725. The molecule has 0 aromatic heterocycles. The Balaban J connectivity index is 2.23. The lowest BCUT2D eigenvalue weighted by atomic mass is 9.98. The Kier molecular flexibility index (Phi) is 2.28. The highest BCUT2D eigenvalue weighted by Crippen LogP contribution is 2.29. The third-order valence-corrected chi connectivity index (χ3v) is 3.35. The molecular weight excluding hydrogens is 212 g/mol. The molecule has 0 heterocycles. The van der Waals surface area contributed by atoms with Crippen LogP contribution in [0.15, 0.2) is 48.1 Å². The summed E-state index contributed by atoms with van der Waals surface area (Å²) in [6.07, 6.45) is 8.20. The molecule has 0 radical (unpaired) electrons. The average molecular weight is 226 g/mol. The third kappa shape index (κ3) is 1.49. The number of allylic oxidation sites excluding steroid dienone is 2.